The summed E-state index contributed by atoms with van der Waals surface area (Å²) in [6, 6.07) is 4.19. The number of allylic oxidation sites excluding steroid dienone is 4. The molecule has 1 aromatic carbocycles. The van der Waals surface area contributed by atoms with E-state index in [2.05, 4.69) is 11.2 Å². The summed E-state index contributed by atoms with van der Waals surface area (Å²) in [4.78, 5) is 24.7. The van der Waals surface area contributed by atoms with Crippen molar-refractivity contribution >= 4 is 18.1 Å². The summed E-state index contributed by atoms with van der Waals surface area (Å²) in [5, 5.41) is 2.70. The van der Waals surface area contributed by atoms with Crippen molar-refractivity contribution in [2.75, 3.05) is 4.90 Å². The van der Waals surface area contributed by atoms with E-state index in [-0.39, 0.29) is 5.92 Å². The van der Waals surface area contributed by atoms with E-state index < -0.39 is 6.03 Å². The Labute approximate surface area is 139 Å². The van der Waals surface area contributed by atoms with Gasteiger partial charge in [0.1, 0.15) is 12.5 Å². The highest BCUT2D eigenvalue weighted by atomic mass is 16.5. The van der Waals surface area contributed by atoms with Crippen molar-refractivity contribution in [3.8, 4) is 23.8 Å². The molecule has 0 fully saturated rings. The first-order valence-corrected chi connectivity index (χ1v) is 7.22. The van der Waals surface area contributed by atoms with Crippen LogP contribution in [0.15, 0.2) is 54.6 Å². The Hall–Kier alpha value is -3.46. The van der Waals surface area contributed by atoms with Crippen LogP contribution in [0.2, 0.25) is 0 Å². The minimum atomic E-state index is -0.574. The van der Waals surface area contributed by atoms with Crippen LogP contribution in [0.25, 0.3) is 0 Å². The SMILES string of the molecule is C#CC1C=CC=C(NC(=O)N(C=O)c2ccc3c(c2)OC=CO3)C1. The maximum atomic E-state index is 12.4. The number of benzene rings is 1. The number of carbonyl (C=O) groups is 2. The molecule has 24 heavy (non-hydrogen) atoms. The Morgan fingerprint density at radius 2 is 2.12 bits per heavy atom. The number of imide groups is 1. The standard InChI is InChI=1S/C18H14N2O4/c1-2-13-4-3-5-14(10-13)19-18(22)20(12-21)15-6-7-16-17(11-15)24-9-8-23-16/h1,3-9,11-13H,10H2,(H,19,22). The average molecular weight is 322 g/mol. The van der Waals surface area contributed by atoms with E-state index in [1.165, 1.54) is 12.5 Å². The first kappa shape index (κ1) is 15.4. The summed E-state index contributed by atoms with van der Waals surface area (Å²) in [5.41, 5.74) is 1.01. The van der Waals surface area contributed by atoms with E-state index in [0.717, 1.165) is 4.90 Å². The maximum absolute atomic E-state index is 12.4. The largest absolute Gasteiger partial charge is 0.458 e. The Morgan fingerprint density at radius 3 is 2.88 bits per heavy atom. The lowest BCUT2D eigenvalue weighted by Crippen LogP contribution is -2.39. The number of nitrogens with zero attached hydrogens (tertiary/aromatic N) is 1. The first-order valence-electron chi connectivity index (χ1n) is 7.22. The molecule has 120 valence electrons. The molecule has 3 amide bonds. The molecule has 1 aliphatic heterocycles. The predicted octanol–water partition coefficient (Wildman–Crippen LogP) is 2.69. The molecule has 1 unspecified atom stereocenters. The third kappa shape index (κ3) is 3.15. The van der Waals surface area contributed by atoms with Gasteiger partial charge in [-0.2, -0.15) is 0 Å². The molecule has 1 aliphatic carbocycles. The van der Waals surface area contributed by atoms with Crippen molar-refractivity contribution < 1.29 is 19.1 Å². The second-order valence-corrected chi connectivity index (χ2v) is 5.10. The molecular weight excluding hydrogens is 308 g/mol. The van der Waals surface area contributed by atoms with Crippen LogP contribution < -0.4 is 19.7 Å². The van der Waals surface area contributed by atoms with Crippen molar-refractivity contribution in [3.63, 3.8) is 0 Å². The number of amides is 3. The monoisotopic (exact) mass is 322 g/mol. The molecule has 1 atom stereocenters. The van der Waals surface area contributed by atoms with Crippen molar-refractivity contribution in [1.82, 2.24) is 5.32 Å². The van der Waals surface area contributed by atoms with E-state index in [4.69, 9.17) is 15.9 Å². The van der Waals surface area contributed by atoms with Gasteiger partial charge in [-0.05, 0) is 18.2 Å². The smallest absolute Gasteiger partial charge is 0.332 e. The van der Waals surface area contributed by atoms with Crippen LogP contribution in [0.3, 0.4) is 0 Å². The summed E-state index contributed by atoms with van der Waals surface area (Å²) in [7, 11) is 0. The summed E-state index contributed by atoms with van der Waals surface area (Å²) in [6.45, 7) is 0. The highest BCUT2D eigenvalue weighted by molar-refractivity contribution is 6.06. The minimum Gasteiger partial charge on any atom is -0.458 e. The first-order chi connectivity index (χ1) is 11.7. The van der Waals surface area contributed by atoms with E-state index in [1.54, 1.807) is 30.4 Å². The Bertz CT molecular complexity index is 802. The second kappa shape index (κ2) is 6.75. The summed E-state index contributed by atoms with van der Waals surface area (Å²) in [5.74, 6) is 3.47. The van der Waals surface area contributed by atoms with Crippen LogP contribution in [0.5, 0.6) is 11.5 Å². The Kier molecular flexibility index (Phi) is 4.34. The molecule has 2 aliphatic rings. The van der Waals surface area contributed by atoms with Gasteiger partial charge in [0.15, 0.2) is 11.5 Å². The number of rotatable bonds is 3. The summed E-state index contributed by atoms with van der Waals surface area (Å²) >= 11 is 0. The van der Waals surface area contributed by atoms with Gasteiger partial charge in [0, 0.05) is 24.1 Å². The molecule has 6 nitrogen and oxygen atoms in total. The van der Waals surface area contributed by atoms with Gasteiger partial charge >= 0.3 is 6.03 Å². The molecule has 1 aromatic rings. The van der Waals surface area contributed by atoms with Gasteiger partial charge in [-0.25, -0.2) is 9.69 Å². The van der Waals surface area contributed by atoms with Gasteiger partial charge in [0.25, 0.3) is 0 Å². The quantitative estimate of drug-likeness (QED) is 0.686. The second-order valence-electron chi connectivity index (χ2n) is 5.10. The fraction of sp³-hybridized carbons (Fsp3) is 0.111. The molecule has 0 saturated heterocycles. The van der Waals surface area contributed by atoms with Crippen LogP contribution >= 0.6 is 0 Å². The number of hydrogen-bond acceptors (Lipinski definition) is 4. The van der Waals surface area contributed by atoms with Gasteiger partial charge in [-0.1, -0.05) is 18.1 Å². The number of nitrogens with one attached hydrogen (secondary N) is 1. The Morgan fingerprint density at radius 1 is 1.33 bits per heavy atom. The normalized spacial score (nSPS) is 17.5. The number of urea groups is 1. The van der Waals surface area contributed by atoms with Crippen LogP contribution in [0.4, 0.5) is 10.5 Å². The molecule has 1 heterocycles. The number of hydrogen-bond donors (Lipinski definition) is 1. The minimum absolute atomic E-state index is 0.0731. The molecule has 1 N–H and O–H groups in total. The van der Waals surface area contributed by atoms with Crippen LogP contribution in [0, 0.1) is 18.3 Å². The predicted molar refractivity (Wildman–Crippen MR) is 88.1 cm³/mol. The third-order valence-electron chi connectivity index (χ3n) is 3.54. The molecule has 3 rings (SSSR count). The van der Waals surface area contributed by atoms with E-state index in [9.17, 15) is 9.59 Å². The van der Waals surface area contributed by atoms with E-state index >= 15 is 0 Å². The van der Waals surface area contributed by atoms with Gasteiger partial charge in [0.05, 0.1) is 5.69 Å². The lowest BCUT2D eigenvalue weighted by molar-refractivity contribution is -0.106. The molecule has 0 aromatic heterocycles. The highest BCUT2D eigenvalue weighted by Gasteiger charge is 2.20. The maximum Gasteiger partial charge on any atom is 0.332 e. The molecule has 0 spiro atoms. The lowest BCUT2D eigenvalue weighted by atomic mass is 9.99. The van der Waals surface area contributed by atoms with Crippen molar-refractivity contribution in [2.45, 2.75) is 6.42 Å². The number of fused-ring (bicyclic) bond motifs is 1. The molecule has 0 saturated carbocycles. The van der Waals surface area contributed by atoms with Crippen LogP contribution in [0.1, 0.15) is 6.42 Å². The average Bonchev–Trinajstić information content (AvgIpc) is 2.62. The van der Waals surface area contributed by atoms with E-state index in [1.807, 2.05) is 6.08 Å². The number of carbonyl (C=O) groups excluding carboxylic acids is 2. The topological polar surface area (TPSA) is 67.9 Å². The van der Waals surface area contributed by atoms with Gasteiger partial charge in [-0.15, -0.1) is 6.42 Å². The van der Waals surface area contributed by atoms with Gasteiger partial charge in [-0.3, -0.25) is 4.79 Å². The number of ether oxygens (including phenoxy) is 2. The molecule has 0 bridgehead atoms. The van der Waals surface area contributed by atoms with E-state index in [0.29, 0.717) is 35.7 Å². The molecular formula is C18H14N2O4. The molecule has 0 radical (unpaired) electrons. The number of terminal acetylenes is 1. The zero-order valence-electron chi connectivity index (χ0n) is 12.6. The number of anilines is 1. The van der Waals surface area contributed by atoms with Crippen LogP contribution in [-0.2, 0) is 4.79 Å². The summed E-state index contributed by atoms with van der Waals surface area (Å²) in [6.07, 6.45) is 14.5. The summed E-state index contributed by atoms with van der Waals surface area (Å²) < 4.78 is 10.5. The van der Waals surface area contributed by atoms with Crippen molar-refractivity contribution in [2.24, 2.45) is 5.92 Å². The molecule has 6 heteroatoms. The van der Waals surface area contributed by atoms with Crippen molar-refractivity contribution in [1.29, 1.82) is 0 Å². The van der Waals surface area contributed by atoms with Gasteiger partial charge < -0.3 is 14.8 Å². The zero-order valence-corrected chi connectivity index (χ0v) is 12.6. The fourth-order valence-corrected chi connectivity index (χ4v) is 2.35. The van der Waals surface area contributed by atoms with Crippen LogP contribution in [-0.4, -0.2) is 12.4 Å². The van der Waals surface area contributed by atoms with Gasteiger partial charge in [0.2, 0.25) is 6.41 Å². The third-order valence-corrected chi connectivity index (χ3v) is 3.54. The Balaban J connectivity index is 1.76. The fourth-order valence-electron chi connectivity index (χ4n) is 2.35. The zero-order chi connectivity index (χ0) is 16.9. The lowest BCUT2D eigenvalue weighted by Gasteiger charge is -2.21. The van der Waals surface area contributed by atoms with Crippen molar-refractivity contribution in [3.05, 3.63) is 54.6 Å². The highest BCUT2D eigenvalue weighted by Crippen LogP contribution is 2.34.